The summed E-state index contributed by atoms with van der Waals surface area (Å²) in [5.41, 5.74) is 2.89. The van der Waals surface area contributed by atoms with E-state index in [9.17, 15) is 9.90 Å². The maximum atomic E-state index is 12.4. The number of hydrogen-bond donors (Lipinski definition) is 1. The number of aromatic hydroxyl groups is 1. The summed E-state index contributed by atoms with van der Waals surface area (Å²) in [5.74, 6) is 0.0136. The summed E-state index contributed by atoms with van der Waals surface area (Å²) in [6, 6.07) is 10.7. The summed E-state index contributed by atoms with van der Waals surface area (Å²) < 4.78 is 0. The third-order valence-corrected chi connectivity index (χ3v) is 3.23. The van der Waals surface area contributed by atoms with Gasteiger partial charge < -0.3 is 10.0 Å². The standard InChI is InChI=1S/C16H18N2O2/c1-11-6-4-7-13(17-11)10-18(3)16(20)14-8-5-9-15(19)12(14)2/h4-9,19H,10H2,1-3H3. The molecule has 20 heavy (non-hydrogen) atoms. The number of phenols is 1. The van der Waals surface area contributed by atoms with E-state index in [2.05, 4.69) is 4.98 Å². The fourth-order valence-corrected chi connectivity index (χ4v) is 2.06. The minimum Gasteiger partial charge on any atom is -0.508 e. The van der Waals surface area contributed by atoms with Crippen molar-refractivity contribution in [3.63, 3.8) is 0 Å². The zero-order valence-electron chi connectivity index (χ0n) is 11.9. The molecule has 2 rings (SSSR count). The smallest absolute Gasteiger partial charge is 0.254 e. The predicted molar refractivity (Wildman–Crippen MR) is 77.6 cm³/mol. The lowest BCUT2D eigenvalue weighted by Gasteiger charge is -2.18. The van der Waals surface area contributed by atoms with Crippen LogP contribution in [0.1, 0.15) is 27.3 Å². The average molecular weight is 270 g/mol. The number of carbonyl (C=O) groups excluding carboxylic acids is 1. The number of benzene rings is 1. The van der Waals surface area contributed by atoms with Crippen LogP contribution in [-0.4, -0.2) is 27.9 Å². The van der Waals surface area contributed by atoms with Crippen molar-refractivity contribution in [2.45, 2.75) is 20.4 Å². The molecule has 2 aromatic rings. The van der Waals surface area contributed by atoms with Crippen LogP contribution in [-0.2, 0) is 6.54 Å². The molecule has 4 nitrogen and oxygen atoms in total. The lowest BCUT2D eigenvalue weighted by Crippen LogP contribution is -2.27. The summed E-state index contributed by atoms with van der Waals surface area (Å²) in [6.45, 7) is 4.10. The van der Waals surface area contributed by atoms with E-state index in [-0.39, 0.29) is 11.7 Å². The molecular formula is C16H18N2O2. The van der Waals surface area contributed by atoms with Gasteiger partial charge in [0, 0.05) is 23.9 Å². The molecule has 0 atom stereocenters. The first kappa shape index (κ1) is 14.1. The van der Waals surface area contributed by atoms with E-state index in [1.54, 1.807) is 37.1 Å². The van der Waals surface area contributed by atoms with E-state index < -0.39 is 0 Å². The van der Waals surface area contributed by atoms with Crippen LogP contribution in [0.2, 0.25) is 0 Å². The van der Waals surface area contributed by atoms with Crippen LogP contribution in [0.4, 0.5) is 0 Å². The Labute approximate surface area is 118 Å². The summed E-state index contributed by atoms with van der Waals surface area (Å²) in [4.78, 5) is 18.4. The highest BCUT2D eigenvalue weighted by atomic mass is 16.3. The number of rotatable bonds is 3. The van der Waals surface area contributed by atoms with Crippen molar-refractivity contribution in [2.24, 2.45) is 0 Å². The number of carbonyl (C=O) groups is 1. The van der Waals surface area contributed by atoms with Crippen LogP contribution in [0.3, 0.4) is 0 Å². The fourth-order valence-electron chi connectivity index (χ4n) is 2.06. The van der Waals surface area contributed by atoms with Crippen LogP contribution in [0, 0.1) is 13.8 Å². The Morgan fingerprint density at radius 2 is 1.90 bits per heavy atom. The van der Waals surface area contributed by atoms with E-state index in [0.717, 1.165) is 11.4 Å². The van der Waals surface area contributed by atoms with Gasteiger partial charge in [0.2, 0.25) is 0 Å². The Kier molecular flexibility index (Phi) is 4.03. The number of hydrogen-bond acceptors (Lipinski definition) is 3. The third-order valence-electron chi connectivity index (χ3n) is 3.23. The van der Waals surface area contributed by atoms with Gasteiger partial charge in [-0.05, 0) is 38.1 Å². The number of nitrogens with zero attached hydrogens (tertiary/aromatic N) is 2. The molecule has 0 fully saturated rings. The van der Waals surface area contributed by atoms with Crippen LogP contribution in [0.5, 0.6) is 5.75 Å². The molecule has 1 heterocycles. The maximum Gasteiger partial charge on any atom is 0.254 e. The SMILES string of the molecule is Cc1cccc(CN(C)C(=O)c2cccc(O)c2C)n1. The lowest BCUT2D eigenvalue weighted by molar-refractivity contribution is 0.0782. The van der Waals surface area contributed by atoms with E-state index in [0.29, 0.717) is 17.7 Å². The van der Waals surface area contributed by atoms with Crippen molar-refractivity contribution in [3.8, 4) is 5.75 Å². The second-order valence-electron chi connectivity index (χ2n) is 4.88. The highest BCUT2D eigenvalue weighted by Gasteiger charge is 2.16. The Morgan fingerprint density at radius 3 is 2.60 bits per heavy atom. The predicted octanol–water partition coefficient (Wildman–Crippen LogP) is 2.68. The van der Waals surface area contributed by atoms with Gasteiger partial charge in [0.15, 0.2) is 0 Å². The minimum atomic E-state index is -0.123. The number of aromatic nitrogens is 1. The van der Waals surface area contributed by atoms with Crippen LogP contribution < -0.4 is 0 Å². The molecule has 1 amide bonds. The normalized spacial score (nSPS) is 10.3. The monoisotopic (exact) mass is 270 g/mol. The molecule has 1 aromatic carbocycles. The molecule has 1 N–H and O–H groups in total. The summed E-state index contributed by atoms with van der Waals surface area (Å²) >= 11 is 0. The minimum absolute atomic E-state index is 0.123. The van der Waals surface area contributed by atoms with Gasteiger partial charge in [0.25, 0.3) is 5.91 Å². The van der Waals surface area contributed by atoms with Gasteiger partial charge in [0.05, 0.1) is 12.2 Å². The molecule has 0 unspecified atom stereocenters. The Hall–Kier alpha value is -2.36. The number of amides is 1. The van der Waals surface area contributed by atoms with Gasteiger partial charge in [-0.2, -0.15) is 0 Å². The first-order chi connectivity index (χ1) is 9.49. The van der Waals surface area contributed by atoms with E-state index in [4.69, 9.17) is 0 Å². The van der Waals surface area contributed by atoms with Gasteiger partial charge in [-0.15, -0.1) is 0 Å². The van der Waals surface area contributed by atoms with Gasteiger partial charge >= 0.3 is 0 Å². The zero-order chi connectivity index (χ0) is 14.7. The molecule has 0 aliphatic carbocycles. The molecule has 4 heteroatoms. The topological polar surface area (TPSA) is 53.4 Å². The van der Waals surface area contributed by atoms with Crippen LogP contribution in [0.15, 0.2) is 36.4 Å². The van der Waals surface area contributed by atoms with Crippen molar-refractivity contribution in [1.29, 1.82) is 0 Å². The molecule has 0 aliphatic heterocycles. The Morgan fingerprint density at radius 1 is 1.20 bits per heavy atom. The lowest BCUT2D eigenvalue weighted by atomic mass is 10.1. The average Bonchev–Trinajstić information content (AvgIpc) is 2.41. The van der Waals surface area contributed by atoms with Gasteiger partial charge in [-0.1, -0.05) is 12.1 Å². The summed E-state index contributed by atoms with van der Waals surface area (Å²) in [5, 5.41) is 9.67. The Balaban J connectivity index is 2.19. The van der Waals surface area contributed by atoms with E-state index >= 15 is 0 Å². The molecule has 0 radical (unpaired) electrons. The van der Waals surface area contributed by atoms with Crippen molar-refractivity contribution in [2.75, 3.05) is 7.05 Å². The highest BCUT2D eigenvalue weighted by molar-refractivity contribution is 5.96. The molecule has 0 bridgehead atoms. The molecule has 104 valence electrons. The highest BCUT2D eigenvalue weighted by Crippen LogP contribution is 2.21. The first-order valence-electron chi connectivity index (χ1n) is 6.45. The second-order valence-corrected chi connectivity index (χ2v) is 4.88. The molecule has 0 aliphatic rings. The first-order valence-corrected chi connectivity index (χ1v) is 6.45. The van der Waals surface area contributed by atoms with Crippen molar-refractivity contribution < 1.29 is 9.90 Å². The molecular weight excluding hydrogens is 252 g/mol. The summed E-state index contributed by atoms with van der Waals surface area (Å²) in [6.07, 6.45) is 0. The van der Waals surface area contributed by atoms with Gasteiger partial charge in [-0.3, -0.25) is 9.78 Å². The van der Waals surface area contributed by atoms with Crippen molar-refractivity contribution in [3.05, 3.63) is 58.9 Å². The van der Waals surface area contributed by atoms with Crippen LogP contribution >= 0.6 is 0 Å². The molecule has 1 aromatic heterocycles. The maximum absolute atomic E-state index is 12.4. The molecule has 0 spiro atoms. The van der Waals surface area contributed by atoms with Gasteiger partial charge in [0.1, 0.15) is 5.75 Å². The number of aryl methyl sites for hydroxylation is 1. The second kappa shape index (κ2) is 5.74. The molecule has 0 saturated heterocycles. The van der Waals surface area contributed by atoms with E-state index in [1.807, 2.05) is 25.1 Å². The van der Waals surface area contributed by atoms with Crippen molar-refractivity contribution in [1.82, 2.24) is 9.88 Å². The fraction of sp³-hybridized carbons (Fsp3) is 0.250. The number of phenolic OH excluding ortho intramolecular Hbond substituents is 1. The summed E-state index contributed by atoms with van der Waals surface area (Å²) in [7, 11) is 1.73. The van der Waals surface area contributed by atoms with Gasteiger partial charge in [-0.25, -0.2) is 0 Å². The van der Waals surface area contributed by atoms with Crippen LogP contribution in [0.25, 0.3) is 0 Å². The third kappa shape index (κ3) is 2.96. The van der Waals surface area contributed by atoms with E-state index in [1.165, 1.54) is 0 Å². The zero-order valence-corrected chi connectivity index (χ0v) is 11.9. The largest absolute Gasteiger partial charge is 0.508 e. The van der Waals surface area contributed by atoms with Crippen molar-refractivity contribution >= 4 is 5.91 Å². The molecule has 0 saturated carbocycles. The number of pyridine rings is 1. The Bertz CT molecular complexity index is 638. The quantitative estimate of drug-likeness (QED) is 0.933.